The first-order valence-electron chi connectivity index (χ1n) is 4.93. The molecule has 0 aliphatic carbocycles. The van der Waals surface area contributed by atoms with Crippen molar-refractivity contribution in [3.8, 4) is 5.75 Å². The minimum absolute atomic E-state index is 0.00625. The quantitative estimate of drug-likeness (QED) is 0.827. The maximum Gasteiger partial charge on any atom is 0.416 e. The normalized spacial score (nSPS) is 19.4. The number of aliphatic carboxylic acids is 1. The van der Waals surface area contributed by atoms with Gasteiger partial charge in [0.1, 0.15) is 12.4 Å². The summed E-state index contributed by atoms with van der Waals surface area (Å²) in [6.07, 6.45) is -4.36. The first-order chi connectivity index (χ1) is 7.88. The van der Waals surface area contributed by atoms with Crippen molar-refractivity contribution in [2.24, 2.45) is 5.92 Å². The molecule has 1 N–H and O–H groups in total. The molecule has 1 unspecified atom stereocenters. The minimum Gasteiger partial charge on any atom is -0.492 e. The van der Waals surface area contributed by atoms with E-state index in [0.29, 0.717) is 11.3 Å². The van der Waals surface area contributed by atoms with Crippen molar-refractivity contribution >= 4 is 5.97 Å². The van der Waals surface area contributed by atoms with Crippen LogP contribution in [0.25, 0.3) is 0 Å². The molecule has 17 heavy (non-hydrogen) atoms. The Labute approximate surface area is 94.8 Å². The van der Waals surface area contributed by atoms with Crippen molar-refractivity contribution in [3.05, 3.63) is 29.3 Å². The molecule has 1 aliphatic heterocycles. The van der Waals surface area contributed by atoms with Crippen LogP contribution < -0.4 is 4.74 Å². The zero-order valence-corrected chi connectivity index (χ0v) is 8.62. The van der Waals surface area contributed by atoms with E-state index in [1.807, 2.05) is 0 Å². The van der Waals surface area contributed by atoms with Gasteiger partial charge in [-0.3, -0.25) is 4.79 Å². The van der Waals surface area contributed by atoms with Crippen molar-refractivity contribution < 1.29 is 27.8 Å². The summed E-state index contributed by atoms with van der Waals surface area (Å²) in [5, 5.41) is 8.79. The van der Waals surface area contributed by atoms with E-state index >= 15 is 0 Å². The molecule has 1 atom stereocenters. The molecule has 0 spiro atoms. The molecule has 0 bridgehead atoms. The van der Waals surface area contributed by atoms with E-state index in [1.54, 1.807) is 0 Å². The molecule has 2 rings (SSSR count). The van der Waals surface area contributed by atoms with Gasteiger partial charge in [0, 0.05) is 0 Å². The standard InChI is InChI=1S/C11H9F3O3/c12-11(13,14)8-1-2-9-6(4-8)3-7(5-17-9)10(15)16/h1-2,4,7H,3,5H2,(H,15,16). The summed E-state index contributed by atoms with van der Waals surface area (Å²) < 4.78 is 42.5. The summed E-state index contributed by atoms with van der Waals surface area (Å²) in [6, 6.07) is 3.11. The number of carboxylic acids is 1. The Morgan fingerprint density at radius 3 is 2.71 bits per heavy atom. The number of fused-ring (bicyclic) bond motifs is 1. The van der Waals surface area contributed by atoms with Gasteiger partial charge in [-0.15, -0.1) is 0 Å². The van der Waals surface area contributed by atoms with Crippen molar-refractivity contribution in [2.45, 2.75) is 12.6 Å². The largest absolute Gasteiger partial charge is 0.492 e. The zero-order valence-electron chi connectivity index (χ0n) is 8.62. The van der Waals surface area contributed by atoms with Gasteiger partial charge in [-0.05, 0) is 30.2 Å². The van der Waals surface area contributed by atoms with Crippen LogP contribution in [0.4, 0.5) is 13.2 Å². The molecule has 0 saturated heterocycles. The molecule has 92 valence electrons. The highest BCUT2D eigenvalue weighted by molar-refractivity contribution is 5.71. The first kappa shape index (κ1) is 11.8. The summed E-state index contributed by atoms with van der Waals surface area (Å²) in [6.45, 7) is -0.00625. The van der Waals surface area contributed by atoms with Crippen LogP contribution in [0.15, 0.2) is 18.2 Å². The fourth-order valence-corrected chi connectivity index (χ4v) is 1.73. The smallest absolute Gasteiger partial charge is 0.416 e. The van der Waals surface area contributed by atoms with Crippen molar-refractivity contribution in [3.63, 3.8) is 0 Å². The fourth-order valence-electron chi connectivity index (χ4n) is 1.73. The molecule has 1 aromatic carbocycles. The maximum atomic E-state index is 12.5. The molecule has 1 aliphatic rings. The average Bonchev–Trinajstić information content (AvgIpc) is 2.26. The number of carbonyl (C=O) groups is 1. The summed E-state index contributed by atoms with van der Waals surface area (Å²) in [5.41, 5.74) is -0.496. The Hall–Kier alpha value is -1.72. The Balaban J connectivity index is 2.32. The summed E-state index contributed by atoms with van der Waals surface area (Å²) in [4.78, 5) is 10.7. The molecule has 0 fully saturated rings. The third-order valence-corrected chi connectivity index (χ3v) is 2.64. The second-order valence-electron chi connectivity index (χ2n) is 3.87. The minimum atomic E-state index is -4.43. The van der Waals surface area contributed by atoms with Crippen molar-refractivity contribution in [1.29, 1.82) is 0 Å². The van der Waals surface area contributed by atoms with Crippen molar-refractivity contribution in [2.75, 3.05) is 6.61 Å². The van der Waals surface area contributed by atoms with Crippen LogP contribution in [0, 0.1) is 5.92 Å². The van der Waals surface area contributed by atoms with Crippen LogP contribution in [-0.2, 0) is 17.4 Å². The molecular weight excluding hydrogens is 237 g/mol. The number of hydrogen-bond donors (Lipinski definition) is 1. The van der Waals surface area contributed by atoms with Gasteiger partial charge < -0.3 is 9.84 Å². The van der Waals surface area contributed by atoms with Gasteiger partial charge in [0.2, 0.25) is 0 Å². The van der Waals surface area contributed by atoms with Gasteiger partial charge >= 0.3 is 12.1 Å². The van der Waals surface area contributed by atoms with E-state index in [2.05, 4.69) is 0 Å². The second-order valence-corrected chi connectivity index (χ2v) is 3.87. The van der Waals surface area contributed by atoms with Crippen LogP contribution in [-0.4, -0.2) is 17.7 Å². The van der Waals surface area contributed by atoms with Crippen LogP contribution in [0.1, 0.15) is 11.1 Å². The highest BCUT2D eigenvalue weighted by Crippen LogP contribution is 2.35. The van der Waals surface area contributed by atoms with Gasteiger partial charge in [0.15, 0.2) is 0 Å². The number of rotatable bonds is 1. The average molecular weight is 246 g/mol. The molecule has 0 aromatic heterocycles. The Bertz CT molecular complexity index is 454. The summed E-state index contributed by atoms with van der Waals surface area (Å²) in [5.74, 6) is -1.52. The van der Waals surface area contributed by atoms with E-state index in [9.17, 15) is 18.0 Å². The number of halogens is 3. The highest BCUT2D eigenvalue weighted by Gasteiger charge is 2.33. The molecule has 0 radical (unpaired) electrons. The first-order valence-corrected chi connectivity index (χ1v) is 4.93. The molecule has 0 saturated carbocycles. The van der Waals surface area contributed by atoms with Crippen LogP contribution in [0.5, 0.6) is 5.75 Å². The van der Waals surface area contributed by atoms with E-state index in [0.717, 1.165) is 12.1 Å². The van der Waals surface area contributed by atoms with E-state index in [4.69, 9.17) is 9.84 Å². The Kier molecular flexibility index (Phi) is 2.73. The van der Waals surface area contributed by atoms with E-state index in [-0.39, 0.29) is 13.0 Å². The lowest BCUT2D eigenvalue weighted by Crippen LogP contribution is -2.28. The lowest BCUT2D eigenvalue weighted by molar-refractivity contribution is -0.143. The molecule has 1 aromatic rings. The molecule has 6 heteroatoms. The predicted octanol–water partition coefficient (Wildman–Crippen LogP) is 2.34. The third kappa shape index (κ3) is 2.35. The van der Waals surface area contributed by atoms with Gasteiger partial charge in [0.05, 0.1) is 11.5 Å². The maximum absolute atomic E-state index is 12.5. The number of alkyl halides is 3. The number of ether oxygens (including phenoxy) is 1. The van der Waals surface area contributed by atoms with Gasteiger partial charge in [0.25, 0.3) is 0 Å². The Morgan fingerprint density at radius 1 is 1.41 bits per heavy atom. The van der Waals surface area contributed by atoms with Crippen LogP contribution in [0.2, 0.25) is 0 Å². The van der Waals surface area contributed by atoms with Crippen LogP contribution in [0.3, 0.4) is 0 Å². The molecular formula is C11H9F3O3. The van der Waals surface area contributed by atoms with Crippen LogP contribution >= 0.6 is 0 Å². The second kappa shape index (κ2) is 3.94. The summed E-state index contributed by atoms with van der Waals surface area (Å²) >= 11 is 0. The number of hydrogen-bond acceptors (Lipinski definition) is 2. The highest BCUT2D eigenvalue weighted by atomic mass is 19.4. The van der Waals surface area contributed by atoms with E-state index < -0.39 is 23.6 Å². The Morgan fingerprint density at radius 2 is 2.12 bits per heavy atom. The van der Waals surface area contributed by atoms with E-state index in [1.165, 1.54) is 6.07 Å². The lowest BCUT2D eigenvalue weighted by Gasteiger charge is -2.23. The molecule has 0 amide bonds. The predicted molar refractivity (Wildman–Crippen MR) is 51.8 cm³/mol. The monoisotopic (exact) mass is 246 g/mol. The lowest BCUT2D eigenvalue weighted by atomic mass is 9.95. The van der Waals surface area contributed by atoms with Crippen molar-refractivity contribution in [1.82, 2.24) is 0 Å². The molecule has 3 nitrogen and oxygen atoms in total. The van der Waals surface area contributed by atoms with Gasteiger partial charge in [-0.2, -0.15) is 13.2 Å². The zero-order chi connectivity index (χ0) is 12.6. The summed E-state index contributed by atoms with van der Waals surface area (Å²) in [7, 11) is 0. The number of benzene rings is 1. The third-order valence-electron chi connectivity index (χ3n) is 2.64. The van der Waals surface area contributed by atoms with Gasteiger partial charge in [-0.1, -0.05) is 0 Å². The molecule has 1 heterocycles. The fraction of sp³-hybridized carbons (Fsp3) is 0.364. The number of carboxylic acid groups (broad SMARTS) is 1. The SMILES string of the molecule is O=C(O)C1COc2ccc(C(F)(F)F)cc2C1. The van der Waals surface area contributed by atoms with Gasteiger partial charge in [-0.25, -0.2) is 0 Å². The topological polar surface area (TPSA) is 46.5 Å².